The van der Waals surface area contributed by atoms with Crippen molar-refractivity contribution in [2.24, 2.45) is 5.41 Å². The van der Waals surface area contributed by atoms with Crippen LogP contribution in [0.1, 0.15) is 5.56 Å². The molecule has 5 nitrogen and oxygen atoms in total. The summed E-state index contributed by atoms with van der Waals surface area (Å²) >= 11 is 0. The van der Waals surface area contributed by atoms with Gasteiger partial charge in [0.2, 0.25) is 0 Å². The zero-order chi connectivity index (χ0) is 14.8. The van der Waals surface area contributed by atoms with Crippen LogP contribution in [0.2, 0.25) is 0 Å². The molecule has 7 heteroatoms. The van der Waals surface area contributed by atoms with Crippen LogP contribution in [0.25, 0.3) is 0 Å². The van der Waals surface area contributed by atoms with E-state index < -0.39 is 37.0 Å². The summed E-state index contributed by atoms with van der Waals surface area (Å²) in [6.07, 6.45) is -3.80. The van der Waals surface area contributed by atoms with Gasteiger partial charge in [-0.05, 0) is 5.56 Å². The van der Waals surface area contributed by atoms with Crippen molar-refractivity contribution < 1.29 is 28.2 Å². The van der Waals surface area contributed by atoms with E-state index in [0.29, 0.717) is 0 Å². The number of ether oxygens (including phenoxy) is 1. The molecular weight excluding hydrogens is 272 g/mol. The molecule has 0 aromatic heterocycles. The summed E-state index contributed by atoms with van der Waals surface area (Å²) in [5.41, 5.74) is -1.40. The number of carboxylic acid groups (broad SMARTS) is 1. The summed E-state index contributed by atoms with van der Waals surface area (Å²) in [6.45, 7) is -1.05. The molecule has 1 aliphatic heterocycles. The predicted molar refractivity (Wildman–Crippen MR) is 64.3 cm³/mol. The molecule has 2 rings (SSSR count). The van der Waals surface area contributed by atoms with E-state index in [0.717, 1.165) is 10.5 Å². The maximum atomic E-state index is 12.7. The van der Waals surface area contributed by atoms with Crippen LogP contribution < -0.4 is 0 Å². The summed E-state index contributed by atoms with van der Waals surface area (Å²) in [5.74, 6) is -1.60. The quantitative estimate of drug-likeness (QED) is 0.918. The van der Waals surface area contributed by atoms with Gasteiger partial charge in [0.15, 0.2) is 5.41 Å². The van der Waals surface area contributed by atoms with E-state index in [-0.39, 0.29) is 6.61 Å². The van der Waals surface area contributed by atoms with E-state index in [1.807, 2.05) is 6.07 Å². The maximum absolute atomic E-state index is 12.7. The molecule has 0 spiro atoms. The molecule has 0 atom stereocenters. The van der Waals surface area contributed by atoms with Crippen molar-refractivity contribution in [1.82, 2.24) is 4.90 Å². The lowest BCUT2D eigenvalue weighted by molar-refractivity contribution is -0.176. The monoisotopic (exact) mass is 285 g/mol. The van der Waals surface area contributed by atoms with Crippen LogP contribution in [-0.4, -0.2) is 41.6 Å². The number of alkyl halides is 2. The number of carbonyl (C=O) groups is 2. The van der Waals surface area contributed by atoms with Crippen LogP contribution in [0.5, 0.6) is 0 Å². The average Bonchev–Trinajstić information content (AvgIpc) is 2.35. The average molecular weight is 285 g/mol. The van der Waals surface area contributed by atoms with Crippen molar-refractivity contribution in [3.05, 3.63) is 35.9 Å². The lowest BCUT2D eigenvalue weighted by Crippen LogP contribution is -2.65. The predicted octanol–water partition coefficient (Wildman–Crippen LogP) is 1.97. The second kappa shape index (κ2) is 5.44. The highest BCUT2D eigenvalue weighted by Crippen LogP contribution is 2.37. The molecule has 1 saturated heterocycles. The van der Waals surface area contributed by atoms with E-state index in [1.54, 1.807) is 24.3 Å². The Morgan fingerprint density at radius 1 is 1.30 bits per heavy atom. The van der Waals surface area contributed by atoms with Gasteiger partial charge in [0, 0.05) is 13.1 Å². The Morgan fingerprint density at radius 3 is 2.40 bits per heavy atom. The molecule has 1 heterocycles. The highest BCUT2D eigenvalue weighted by atomic mass is 19.3. The minimum atomic E-state index is -3.02. The zero-order valence-electron chi connectivity index (χ0n) is 10.5. The van der Waals surface area contributed by atoms with Gasteiger partial charge in [-0.2, -0.15) is 0 Å². The van der Waals surface area contributed by atoms with Gasteiger partial charge >= 0.3 is 12.1 Å². The molecule has 0 unspecified atom stereocenters. The third-order valence-corrected chi connectivity index (χ3v) is 3.25. The number of halogens is 2. The van der Waals surface area contributed by atoms with Gasteiger partial charge in [-0.1, -0.05) is 30.3 Å². The van der Waals surface area contributed by atoms with Gasteiger partial charge in [0.1, 0.15) is 6.61 Å². The molecule has 0 radical (unpaired) electrons. The van der Waals surface area contributed by atoms with Crippen molar-refractivity contribution in [3.63, 3.8) is 0 Å². The molecule has 1 aromatic rings. The molecule has 0 aliphatic carbocycles. The Labute approximate surface area is 113 Å². The maximum Gasteiger partial charge on any atom is 0.410 e. The van der Waals surface area contributed by atoms with Crippen molar-refractivity contribution in [1.29, 1.82) is 0 Å². The first kappa shape index (κ1) is 14.2. The van der Waals surface area contributed by atoms with Crippen LogP contribution in [0.4, 0.5) is 13.6 Å². The highest BCUT2D eigenvalue weighted by molar-refractivity contribution is 5.81. The van der Waals surface area contributed by atoms with Crippen LogP contribution in [-0.2, 0) is 16.1 Å². The molecule has 20 heavy (non-hydrogen) atoms. The third-order valence-electron chi connectivity index (χ3n) is 3.25. The van der Waals surface area contributed by atoms with Gasteiger partial charge in [-0.25, -0.2) is 13.6 Å². The van der Waals surface area contributed by atoms with Crippen LogP contribution in [0.3, 0.4) is 0 Å². The van der Waals surface area contributed by atoms with E-state index in [1.165, 1.54) is 0 Å². The lowest BCUT2D eigenvalue weighted by Gasteiger charge is -2.45. The van der Waals surface area contributed by atoms with Gasteiger partial charge < -0.3 is 14.7 Å². The first-order chi connectivity index (χ1) is 9.45. The molecule has 108 valence electrons. The Kier molecular flexibility index (Phi) is 3.87. The second-order valence-electron chi connectivity index (χ2n) is 4.66. The third kappa shape index (κ3) is 2.56. The molecule has 1 amide bonds. The van der Waals surface area contributed by atoms with Crippen molar-refractivity contribution in [2.45, 2.75) is 13.0 Å². The number of aliphatic carboxylic acids is 1. The molecule has 1 aromatic carbocycles. The van der Waals surface area contributed by atoms with Crippen LogP contribution >= 0.6 is 0 Å². The Balaban J connectivity index is 1.86. The normalized spacial score (nSPS) is 16.6. The Bertz CT molecular complexity index is 500. The van der Waals surface area contributed by atoms with Crippen LogP contribution in [0.15, 0.2) is 30.3 Å². The number of hydrogen-bond donors (Lipinski definition) is 1. The summed E-state index contributed by atoms with van der Waals surface area (Å²) in [7, 11) is 0. The van der Waals surface area contributed by atoms with Gasteiger partial charge in [0.05, 0.1) is 0 Å². The Hall–Kier alpha value is -2.18. The fourth-order valence-corrected chi connectivity index (χ4v) is 1.94. The molecule has 1 aliphatic rings. The highest BCUT2D eigenvalue weighted by Gasteiger charge is 2.58. The largest absolute Gasteiger partial charge is 0.481 e. The SMILES string of the molecule is O=C(OCc1ccccc1)N1CC(C(=O)O)(C(F)F)C1. The van der Waals surface area contributed by atoms with E-state index >= 15 is 0 Å². The van der Waals surface area contributed by atoms with E-state index in [9.17, 15) is 18.4 Å². The number of benzene rings is 1. The first-order valence-corrected chi connectivity index (χ1v) is 5.93. The number of hydrogen-bond acceptors (Lipinski definition) is 3. The standard InChI is InChI=1S/C13H13F2NO4/c14-10(15)13(11(17)18)7-16(8-13)12(19)20-6-9-4-2-1-3-5-9/h1-5,10H,6-8H2,(H,17,18). The number of carboxylic acids is 1. The Morgan fingerprint density at radius 2 is 1.90 bits per heavy atom. The number of nitrogens with zero attached hydrogens (tertiary/aromatic N) is 1. The van der Waals surface area contributed by atoms with Crippen LogP contribution in [0, 0.1) is 5.41 Å². The number of carbonyl (C=O) groups excluding carboxylic acids is 1. The molecule has 1 N–H and O–H groups in total. The van der Waals surface area contributed by atoms with Crippen molar-refractivity contribution in [3.8, 4) is 0 Å². The first-order valence-electron chi connectivity index (χ1n) is 5.93. The molecule has 1 fully saturated rings. The number of likely N-dealkylation sites (tertiary alicyclic amines) is 1. The van der Waals surface area contributed by atoms with Gasteiger partial charge in [-0.3, -0.25) is 4.79 Å². The van der Waals surface area contributed by atoms with Crippen molar-refractivity contribution >= 4 is 12.1 Å². The molecule has 0 saturated carbocycles. The summed E-state index contributed by atoms with van der Waals surface area (Å²) in [6, 6.07) is 8.87. The van der Waals surface area contributed by atoms with Gasteiger partial charge in [0.25, 0.3) is 6.43 Å². The smallest absolute Gasteiger partial charge is 0.410 e. The minimum absolute atomic E-state index is 0.0188. The zero-order valence-corrected chi connectivity index (χ0v) is 10.5. The minimum Gasteiger partial charge on any atom is -0.481 e. The fourth-order valence-electron chi connectivity index (χ4n) is 1.94. The summed E-state index contributed by atoms with van der Waals surface area (Å²) in [4.78, 5) is 23.4. The molecule has 0 bridgehead atoms. The lowest BCUT2D eigenvalue weighted by atomic mass is 9.80. The summed E-state index contributed by atoms with van der Waals surface area (Å²) < 4.78 is 30.4. The van der Waals surface area contributed by atoms with E-state index in [4.69, 9.17) is 9.84 Å². The van der Waals surface area contributed by atoms with E-state index in [2.05, 4.69) is 0 Å². The topological polar surface area (TPSA) is 66.8 Å². The number of rotatable bonds is 4. The second-order valence-corrected chi connectivity index (χ2v) is 4.66. The fraction of sp³-hybridized carbons (Fsp3) is 0.385. The summed E-state index contributed by atoms with van der Waals surface area (Å²) in [5, 5.41) is 8.80. The number of amides is 1. The van der Waals surface area contributed by atoms with Crippen molar-refractivity contribution in [2.75, 3.05) is 13.1 Å². The molecular formula is C13H13F2NO4. The van der Waals surface area contributed by atoms with Gasteiger partial charge in [-0.15, -0.1) is 0 Å².